The molecule has 5 nitrogen and oxygen atoms in total. The molecule has 0 saturated carbocycles. The van der Waals surface area contributed by atoms with Crippen molar-refractivity contribution in [3.63, 3.8) is 0 Å². The van der Waals surface area contributed by atoms with Gasteiger partial charge in [0, 0.05) is 31.9 Å². The molecular formula is C13H22N4O. The highest BCUT2D eigenvalue weighted by molar-refractivity contribution is 5.75. The molecule has 0 spiro atoms. The number of carbonyl (C=O) groups excluding carboxylic acids is 1. The highest BCUT2D eigenvalue weighted by Gasteiger charge is 2.12. The summed E-state index contributed by atoms with van der Waals surface area (Å²) in [4.78, 5) is 11.6. The molecule has 1 aromatic heterocycles. The van der Waals surface area contributed by atoms with Crippen molar-refractivity contribution < 1.29 is 4.79 Å². The van der Waals surface area contributed by atoms with Crippen LogP contribution in [0.4, 0.5) is 0 Å². The van der Waals surface area contributed by atoms with Gasteiger partial charge in [0.25, 0.3) is 0 Å². The molecule has 1 aromatic rings. The van der Waals surface area contributed by atoms with E-state index in [0.29, 0.717) is 13.0 Å². The fourth-order valence-corrected chi connectivity index (χ4v) is 2.32. The van der Waals surface area contributed by atoms with E-state index < -0.39 is 0 Å². The smallest absolute Gasteiger partial charge is 0.221 e. The minimum atomic E-state index is 0.120. The Labute approximate surface area is 108 Å². The van der Waals surface area contributed by atoms with E-state index in [2.05, 4.69) is 15.7 Å². The lowest BCUT2D eigenvalue weighted by atomic mass is 9.96. The van der Waals surface area contributed by atoms with Gasteiger partial charge in [0.05, 0.1) is 0 Å². The van der Waals surface area contributed by atoms with Gasteiger partial charge in [-0.3, -0.25) is 9.48 Å². The highest BCUT2D eigenvalue weighted by atomic mass is 16.1. The van der Waals surface area contributed by atoms with Crippen LogP contribution in [0.5, 0.6) is 0 Å². The number of hydrogen-bond acceptors (Lipinski definition) is 3. The van der Waals surface area contributed by atoms with E-state index in [1.807, 2.05) is 12.3 Å². The number of amides is 1. The van der Waals surface area contributed by atoms with Crippen molar-refractivity contribution in [2.45, 2.75) is 32.2 Å². The molecule has 0 bridgehead atoms. The van der Waals surface area contributed by atoms with Gasteiger partial charge < -0.3 is 10.6 Å². The van der Waals surface area contributed by atoms with Gasteiger partial charge in [0.15, 0.2) is 0 Å². The number of hydrogen-bond donors (Lipinski definition) is 2. The summed E-state index contributed by atoms with van der Waals surface area (Å²) >= 11 is 0. The summed E-state index contributed by atoms with van der Waals surface area (Å²) in [6.45, 7) is 3.70. The number of rotatable bonds is 6. The molecule has 5 heteroatoms. The molecule has 100 valence electrons. The SMILES string of the molecule is O=C(CCn1cccn1)NCCC1CCCNC1. The molecule has 1 atom stereocenters. The number of carbonyl (C=O) groups is 1. The van der Waals surface area contributed by atoms with Gasteiger partial charge in [0.2, 0.25) is 5.91 Å². The molecule has 0 radical (unpaired) electrons. The van der Waals surface area contributed by atoms with Crippen molar-refractivity contribution in [3.05, 3.63) is 18.5 Å². The van der Waals surface area contributed by atoms with Gasteiger partial charge in [-0.25, -0.2) is 0 Å². The van der Waals surface area contributed by atoms with E-state index in [0.717, 1.165) is 32.0 Å². The Morgan fingerprint density at radius 1 is 1.56 bits per heavy atom. The molecule has 1 aliphatic rings. The van der Waals surface area contributed by atoms with Crippen molar-refractivity contribution >= 4 is 5.91 Å². The van der Waals surface area contributed by atoms with Crippen molar-refractivity contribution in [2.75, 3.05) is 19.6 Å². The molecular weight excluding hydrogens is 228 g/mol. The van der Waals surface area contributed by atoms with E-state index in [-0.39, 0.29) is 5.91 Å². The molecule has 1 aliphatic heterocycles. The quantitative estimate of drug-likeness (QED) is 0.784. The Kier molecular flexibility index (Phi) is 5.20. The summed E-state index contributed by atoms with van der Waals surface area (Å²) < 4.78 is 1.78. The van der Waals surface area contributed by atoms with Crippen LogP contribution in [0.15, 0.2) is 18.5 Å². The number of aryl methyl sites for hydroxylation is 1. The van der Waals surface area contributed by atoms with Gasteiger partial charge in [-0.05, 0) is 44.3 Å². The van der Waals surface area contributed by atoms with Crippen molar-refractivity contribution in [2.24, 2.45) is 5.92 Å². The van der Waals surface area contributed by atoms with E-state index in [1.54, 1.807) is 10.9 Å². The lowest BCUT2D eigenvalue weighted by molar-refractivity contribution is -0.121. The van der Waals surface area contributed by atoms with Gasteiger partial charge in [0.1, 0.15) is 0 Å². The number of aromatic nitrogens is 2. The van der Waals surface area contributed by atoms with Crippen LogP contribution in [0.25, 0.3) is 0 Å². The zero-order valence-electron chi connectivity index (χ0n) is 10.8. The maximum absolute atomic E-state index is 11.6. The summed E-state index contributed by atoms with van der Waals surface area (Å²) in [7, 11) is 0. The van der Waals surface area contributed by atoms with Crippen molar-refractivity contribution in [1.29, 1.82) is 0 Å². The Bertz CT molecular complexity index is 344. The van der Waals surface area contributed by atoms with E-state index >= 15 is 0 Å². The maximum atomic E-state index is 11.6. The van der Waals surface area contributed by atoms with Crippen LogP contribution in [-0.4, -0.2) is 35.3 Å². The minimum absolute atomic E-state index is 0.120. The molecule has 0 aromatic carbocycles. The highest BCUT2D eigenvalue weighted by Crippen LogP contribution is 2.12. The molecule has 2 N–H and O–H groups in total. The summed E-state index contributed by atoms with van der Waals surface area (Å²) in [6.07, 6.45) is 7.74. The Morgan fingerprint density at radius 2 is 2.50 bits per heavy atom. The molecule has 1 saturated heterocycles. The number of piperidine rings is 1. The molecule has 1 amide bonds. The third kappa shape index (κ3) is 4.49. The fraction of sp³-hybridized carbons (Fsp3) is 0.692. The Morgan fingerprint density at radius 3 is 3.22 bits per heavy atom. The predicted octanol–water partition coefficient (Wildman–Crippen LogP) is 0.779. The van der Waals surface area contributed by atoms with Crippen molar-refractivity contribution in [1.82, 2.24) is 20.4 Å². The largest absolute Gasteiger partial charge is 0.356 e. The summed E-state index contributed by atoms with van der Waals surface area (Å²) in [5.74, 6) is 0.847. The van der Waals surface area contributed by atoms with Gasteiger partial charge >= 0.3 is 0 Å². The van der Waals surface area contributed by atoms with Gasteiger partial charge in [-0.2, -0.15) is 5.10 Å². The minimum Gasteiger partial charge on any atom is -0.356 e. The molecule has 1 unspecified atom stereocenters. The van der Waals surface area contributed by atoms with E-state index in [9.17, 15) is 4.79 Å². The first-order valence-electron chi connectivity index (χ1n) is 6.79. The lowest BCUT2D eigenvalue weighted by Crippen LogP contribution is -2.33. The number of nitrogens with one attached hydrogen (secondary N) is 2. The van der Waals surface area contributed by atoms with Crippen LogP contribution in [-0.2, 0) is 11.3 Å². The van der Waals surface area contributed by atoms with Crippen LogP contribution < -0.4 is 10.6 Å². The maximum Gasteiger partial charge on any atom is 0.221 e. The summed E-state index contributed by atoms with van der Waals surface area (Å²) in [5, 5.41) is 10.4. The summed E-state index contributed by atoms with van der Waals surface area (Å²) in [5.41, 5.74) is 0. The van der Waals surface area contributed by atoms with Crippen LogP contribution in [0.3, 0.4) is 0 Å². The van der Waals surface area contributed by atoms with Crippen LogP contribution in [0, 0.1) is 5.92 Å². The van der Waals surface area contributed by atoms with Gasteiger partial charge in [-0.15, -0.1) is 0 Å². The van der Waals surface area contributed by atoms with Crippen LogP contribution in [0.1, 0.15) is 25.7 Å². The molecule has 18 heavy (non-hydrogen) atoms. The first kappa shape index (κ1) is 13.1. The fourth-order valence-electron chi connectivity index (χ4n) is 2.32. The predicted molar refractivity (Wildman–Crippen MR) is 70.1 cm³/mol. The molecule has 0 aliphatic carbocycles. The third-order valence-electron chi connectivity index (χ3n) is 3.40. The zero-order valence-corrected chi connectivity index (χ0v) is 10.8. The first-order valence-corrected chi connectivity index (χ1v) is 6.79. The Balaban J connectivity index is 1.54. The monoisotopic (exact) mass is 250 g/mol. The van der Waals surface area contributed by atoms with E-state index in [1.165, 1.54) is 12.8 Å². The van der Waals surface area contributed by atoms with E-state index in [4.69, 9.17) is 0 Å². The molecule has 2 heterocycles. The second-order valence-corrected chi connectivity index (χ2v) is 4.87. The summed E-state index contributed by atoms with van der Waals surface area (Å²) in [6, 6.07) is 1.87. The standard InChI is InChI=1S/C13H22N4O/c18-13(5-10-17-9-2-7-16-17)15-8-4-12-3-1-6-14-11-12/h2,7,9,12,14H,1,3-6,8,10-11H2,(H,15,18). The first-order chi connectivity index (χ1) is 8.84. The average molecular weight is 250 g/mol. The zero-order chi connectivity index (χ0) is 12.6. The topological polar surface area (TPSA) is 59.0 Å². The number of nitrogens with zero attached hydrogens (tertiary/aromatic N) is 2. The second kappa shape index (κ2) is 7.16. The lowest BCUT2D eigenvalue weighted by Gasteiger charge is -2.22. The third-order valence-corrected chi connectivity index (χ3v) is 3.40. The molecule has 2 rings (SSSR count). The van der Waals surface area contributed by atoms with Gasteiger partial charge in [-0.1, -0.05) is 0 Å². The second-order valence-electron chi connectivity index (χ2n) is 4.87. The van der Waals surface area contributed by atoms with Crippen LogP contribution >= 0.6 is 0 Å². The van der Waals surface area contributed by atoms with Crippen LogP contribution in [0.2, 0.25) is 0 Å². The Hall–Kier alpha value is -1.36. The normalized spacial score (nSPS) is 19.7. The average Bonchev–Trinajstić information content (AvgIpc) is 2.91. The van der Waals surface area contributed by atoms with Crippen molar-refractivity contribution in [3.8, 4) is 0 Å². The molecule has 1 fully saturated rings.